The summed E-state index contributed by atoms with van der Waals surface area (Å²) >= 11 is 1.19. The molecule has 0 spiro atoms. The van der Waals surface area contributed by atoms with Gasteiger partial charge in [-0.25, -0.2) is 9.59 Å². The summed E-state index contributed by atoms with van der Waals surface area (Å²) in [5.41, 5.74) is 0.525. The van der Waals surface area contributed by atoms with Crippen LogP contribution < -0.4 is 11.2 Å². The summed E-state index contributed by atoms with van der Waals surface area (Å²) in [6, 6.07) is 13.1. The van der Waals surface area contributed by atoms with Gasteiger partial charge >= 0.3 is 11.7 Å². The van der Waals surface area contributed by atoms with E-state index in [1.165, 1.54) is 35.6 Å². The smallest absolute Gasteiger partial charge is 0.335 e. The topological polar surface area (TPSA) is 135 Å². The SMILES string of the molecule is CC(c1ccc(C(=O)O)cc1)n1c(=O)[nH]c2sc(C#CCc3ccc([N+](=O)[O-])cc3)cc2c1=O. The molecule has 0 aliphatic heterocycles. The number of carbonyl (C=O) groups is 1. The first-order valence-electron chi connectivity index (χ1n) is 10.1. The van der Waals surface area contributed by atoms with Gasteiger partial charge < -0.3 is 5.11 Å². The van der Waals surface area contributed by atoms with Crippen LogP contribution >= 0.6 is 11.3 Å². The molecule has 0 aliphatic rings. The number of nitro groups is 1. The monoisotopic (exact) mass is 475 g/mol. The van der Waals surface area contributed by atoms with Crippen LogP contribution in [-0.4, -0.2) is 25.6 Å². The molecular weight excluding hydrogens is 458 g/mol. The predicted molar refractivity (Wildman–Crippen MR) is 128 cm³/mol. The maximum Gasteiger partial charge on any atom is 0.335 e. The van der Waals surface area contributed by atoms with Crippen LogP contribution in [0.5, 0.6) is 0 Å². The van der Waals surface area contributed by atoms with E-state index in [1.807, 2.05) is 0 Å². The van der Waals surface area contributed by atoms with Crippen LogP contribution in [0.1, 0.15) is 39.3 Å². The molecule has 2 heterocycles. The Morgan fingerprint density at radius 1 is 1.18 bits per heavy atom. The number of benzene rings is 2. The van der Waals surface area contributed by atoms with Gasteiger partial charge in [-0.2, -0.15) is 0 Å². The second-order valence-electron chi connectivity index (χ2n) is 7.46. The summed E-state index contributed by atoms with van der Waals surface area (Å²) in [5.74, 6) is 4.89. The van der Waals surface area contributed by atoms with Crippen molar-refractivity contribution in [2.45, 2.75) is 19.4 Å². The van der Waals surface area contributed by atoms with Crippen LogP contribution in [0.25, 0.3) is 10.2 Å². The zero-order valence-electron chi connectivity index (χ0n) is 17.8. The van der Waals surface area contributed by atoms with Crippen molar-refractivity contribution < 1.29 is 14.8 Å². The number of aromatic carboxylic acids is 1. The van der Waals surface area contributed by atoms with Gasteiger partial charge in [0.05, 0.1) is 26.8 Å². The van der Waals surface area contributed by atoms with Crippen LogP contribution in [-0.2, 0) is 6.42 Å². The quantitative estimate of drug-likeness (QED) is 0.257. The number of rotatable bonds is 5. The number of carboxylic acid groups (broad SMARTS) is 1. The minimum absolute atomic E-state index is 0.00788. The van der Waals surface area contributed by atoms with E-state index in [0.29, 0.717) is 27.1 Å². The standard InChI is InChI=1S/C24H17N3O6S/c1-14(16-7-9-17(10-8-16)23(29)30)26-22(28)20-13-19(34-21(20)25-24(26)31)4-2-3-15-5-11-18(12-6-15)27(32)33/h5-14H,3H2,1H3,(H,25,31)(H,29,30). The van der Waals surface area contributed by atoms with Crippen molar-refractivity contribution >= 4 is 33.2 Å². The molecule has 0 amide bonds. The van der Waals surface area contributed by atoms with E-state index in [9.17, 15) is 24.5 Å². The second-order valence-corrected chi connectivity index (χ2v) is 8.52. The van der Waals surface area contributed by atoms with Crippen LogP contribution in [0, 0.1) is 22.0 Å². The molecule has 34 heavy (non-hydrogen) atoms. The highest BCUT2D eigenvalue weighted by Gasteiger charge is 2.17. The molecule has 0 saturated heterocycles. The van der Waals surface area contributed by atoms with Crippen LogP contribution in [0.2, 0.25) is 0 Å². The fraction of sp³-hybridized carbons (Fsp3) is 0.125. The average molecular weight is 475 g/mol. The summed E-state index contributed by atoms with van der Waals surface area (Å²) < 4.78 is 1.10. The Kier molecular flexibility index (Phi) is 6.12. The molecule has 2 aromatic heterocycles. The van der Waals surface area contributed by atoms with Gasteiger partial charge in [0.25, 0.3) is 11.2 Å². The van der Waals surface area contributed by atoms with Gasteiger partial charge in [-0.3, -0.25) is 24.5 Å². The average Bonchev–Trinajstić information content (AvgIpc) is 3.22. The number of H-pyrrole nitrogens is 1. The summed E-state index contributed by atoms with van der Waals surface area (Å²) in [5, 5.41) is 20.1. The highest BCUT2D eigenvalue weighted by atomic mass is 32.1. The first-order chi connectivity index (χ1) is 16.2. The Labute approximate surface area is 196 Å². The molecule has 1 atom stereocenters. The third kappa shape index (κ3) is 4.51. The Morgan fingerprint density at radius 3 is 2.47 bits per heavy atom. The number of aromatic amines is 1. The number of fused-ring (bicyclic) bond motifs is 1. The molecule has 1 unspecified atom stereocenters. The van der Waals surface area contributed by atoms with Crippen molar-refractivity contribution in [2.75, 3.05) is 0 Å². The molecule has 0 fully saturated rings. The molecule has 4 rings (SSSR count). The van der Waals surface area contributed by atoms with Gasteiger partial charge in [0, 0.05) is 18.6 Å². The lowest BCUT2D eigenvalue weighted by Gasteiger charge is -2.14. The molecule has 170 valence electrons. The molecule has 9 nitrogen and oxygen atoms in total. The lowest BCUT2D eigenvalue weighted by Crippen LogP contribution is -2.37. The largest absolute Gasteiger partial charge is 0.478 e. The Bertz CT molecular complexity index is 1580. The van der Waals surface area contributed by atoms with Crippen LogP contribution in [0.4, 0.5) is 5.69 Å². The predicted octanol–water partition coefficient (Wildman–Crippen LogP) is 3.56. The molecule has 0 bridgehead atoms. The molecule has 0 saturated carbocycles. The zero-order valence-corrected chi connectivity index (χ0v) is 18.6. The second kappa shape index (κ2) is 9.17. The van der Waals surface area contributed by atoms with Gasteiger partial charge in [-0.05, 0) is 36.2 Å². The summed E-state index contributed by atoms with van der Waals surface area (Å²) in [6.45, 7) is 1.69. The highest BCUT2D eigenvalue weighted by Crippen LogP contribution is 2.21. The Balaban J connectivity index is 1.61. The Morgan fingerprint density at radius 2 is 1.85 bits per heavy atom. The lowest BCUT2D eigenvalue weighted by atomic mass is 10.1. The zero-order chi connectivity index (χ0) is 24.4. The first kappa shape index (κ1) is 22.7. The van der Waals surface area contributed by atoms with E-state index in [2.05, 4.69) is 16.8 Å². The number of nitrogens with one attached hydrogen (secondary N) is 1. The molecule has 4 aromatic rings. The third-order valence-electron chi connectivity index (χ3n) is 5.30. The van der Waals surface area contributed by atoms with Gasteiger partial charge in [0.1, 0.15) is 4.83 Å². The minimum Gasteiger partial charge on any atom is -0.478 e. The van der Waals surface area contributed by atoms with Gasteiger partial charge in [-0.1, -0.05) is 36.1 Å². The van der Waals surface area contributed by atoms with E-state index in [-0.39, 0.29) is 11.3 Å². The van der Waals surface area contributed by atoms with E-state index in [1.54, 1.807) is 37.3 Å². The highest BCUT2D eigenvalue weighted by molar-refractivity contribution is 7.19. The minimum atomic E-state index is -1.06. The number of aromatic nitrogens is 2. The number of nitrogens with zero attached hydrogens (tertiary/aromatic N) is 2. The molecule has 0 radical (unpaired) electrons. The van der Waals surface area contributed by atoms with E-state index < -0.39 is 28.2 Å². The Hall–Kier alpha value is -4.49. The van der Waals surface area contributed by atoms with Crippen molar-refractivity contribution in [3.63, 3.8) is 0 Å². The lowest BCUT2D eigenvalue weighted by molar-refractivity contribution is -0.384. The number of carboxylic acids is 1. The number of hydrogen-bond acceptors (Lipinski definition) is 6. The number of hydrogen-bond donors (Lipinski definition) is 2. The number of non-ortho nitro benzene ring substituents is 1. The van der Waals surface area contributed by atoms with E-state index >= 15 is 0 Å². The van der Waals surface area contributed by atoms with E-state index in [4.69, 9.17) is 5.11 Å². The molecule has 0 aliphatic carbocycles. The molecule has 2 aromatic carbocycles. The van der Waals surface area contributed by atoms with Gasteiger partial charge in [0.15, 0.2) is 0 Å². The van der Waals surface area contributed by atoms with Crippen molar-refractivity contribution in [1.82, 2.24) is 9.55 Å². The van der Waals surface area contributed by atoms with Crippen LogP contribution in [0.15, 0.2) is 64.2 Å². The third-order valence-corrected chi connectivity index (χ3v) is 6.27. The maximum absolute atomic E-state index is 13.1. The first-order valence-corrected chi connectivity index (χ1v) is 10.9. The van der Waals surface area contributed by atoms with Crippen molar-refractivity contribution in [2.24, 2.45) is 0 Å². The van der Waals surface area contributed by atoms with Gasteiger partial charge in [-0.15, -0.1) is 11.3 Å². The van der Waals surface area contributed by atoms with Crippen LogP contribution in [0.3, 0.4) is 0 Å². The summed E-state index contributed by atoms with van der Waals surface area (Å²) in [7, 11) is 0. The number of nitro benzene ring substituents is 1. The fourth-order valence-corrected chi connectivity index (χ4v) is 4.37. The van der Waals surface area contributed by atoms with Crippen molar-refractivity contribution in [1.29, 1.82) is 0 Å². The van der Waals surface area contributed by atoms with Crippen molar-refractivity contribution in [3.8, 4) is 11.8 Å². The molecule has 10 heteroatoms. The summed E-state index contributed by atoms with van der Waals surface area (Å²) in [4.78, 5) is 50.8. The summed E-state index contributed by atoms with van der Waals surface area (Å²) in [6.07, 6.45) is 0.371. The fourth-order valence-electron chi connectivity index (χ4n) is 3.46. The van der Waals surface area contributed by atoms with E-state index in [0.717, 1.165) is 10.1 Å². The molecule has 2 N–H and O–H groups in total. The molecular formula is C24H17N3O6S. The maximum atomic E-state index is 13.1. The van der Waals surface area contributed by atoms with Gasteiger partial charge in [0.2, 0.25) is 0 Å². The number of thiophene rings is 1. The van der Waals surface area contributed by atoms with Crippen molar-refractivity contribution in [3.05, 3.63) is 107 Å². The normalized spacial score (nSPS) is 11.6.